The van der Waals surface area contributed by atoms with Gasteiger partial charge in [0.15, 0.2) is 11.5 Å². The van der Waals surface area contributed by atoms with Gasteiger partial charge in [-0.15, -0.1) is 11.8 Å². The molecule has 0 aliphatic carbocycles. The number of carbonyl (C=O) groups excluding carboxylic acids is 1. The van der Waals surface area contributed by atoms with Gasteiger partial charge < -0.3 is 24.1 Å². The topological polar surface area (TPSA) is 80.1 Å². The predicted octanol–water partition coefficient (Wildman–Crippen LogP) is 4.49. The molecule has 0 unspecified atom stereocenters. The number of ether oxygens (including phenoxy) is 2. The van der Waals surface area contributed by atoms with Crippen LogP contribution in [0.2, 0.25) is 5.02 Å². The molecule has 37 heavy (non-hydrogen) atoms. The second-order valence-corrected chi connectivity index (χ2v) is 10.2. The van der Waals surface area contributed by atoms with Crippen molar-refractivity contribution in [3.05, 3.63) is 58.9 Å². The quantitative estimate of drug-likeness (QED) is 0.378. The largest absolute Gasteiger partial charge is 0.493 e. The van der Waals surface area contributed by atoms with E-state index in [1.165, 1.54) is 11.8 Å². The fourth-order valence-electron chi connectivity index (χ4n) is 4.20. The van der Waals surface area contributed by atoms with Gasteiger partial charge in [0, 0.05) is 61.3 Å². The molecule has 1 fully saturated rings. The number of aromatic nitrogens is 1. The number of nitrogens with zero attached hydrogens (tertiary/aromatic N) is 3. The second kappa shape index (κ2) is 13.1. The maximum absolute atomic E-state index is 12.3. The van der Waals surface area contributed by atoms with Gasteiger partial charge >= 0.3 is 0 Å². The zero-order valence-electron chi connectivity index (χ0n) is 21.5. The average molecular weight is 545 g/mol. The summed E-state index contributed by atoms with van der Waals surface area (Å²) in [6.45, 7) is 7.20. The number of benzene rings is 2. The number of carbonyl (C=O) groups is 1. The van der Waals surface area contributed by atoms with Crippen molar-refractivity contribution in [2.45, 2.75) is 12.7 Å². The lowest BCUT2D eigenvalue weighted by molar-refractivity contribution is -0.118. The molecule has 1 aliphatic rings. The second-order valence-electron chi connectivity index (χ2n) is 8.74. The first-order valence-electron chi connectivity index (χ1n) is 12.2. The standard InChI is InChI=1S/C27H33ClN4O4S/c1-19-23(30-27(36-19)20-7-8-24(34-2)25(15-20)35-3)17-37-18-26(33)29-9-10-31-11-13-32(14-12-31)22-6-4-5-21(28)16-22/h4-8,15-16H,9-14,17-18H2,1-3H3,(H,29,33). The Hall–Kier alpha value is -2.88. The molecule has 2 aromatic carbocycles. The number of anilines is 1. The molecule has 0 atom stereocenters. The first-order valence-corrected chi connectivity index (χ1v) is 13.8. The van der Waals surface area contributed by atoms with Crippen molar-refractivity contribution in [3.63, 3.8) is 0 Å². The Morgan fingerprint density at radius 1 is 1.11 bits per heavy atom. The van der Waals surface area contributed by atoms with Crippen molar-refractivity contribution in [2.24, 2.45) is 0 Å². The molecule has 0 spiro atoms. The molecule has 1 amide bonds. The zero-order chi connectivity index (χ0) is 26.2. The SMILES string of the molecule is COc1ccc(-c2nc(CSCC(=O)NCCN3CCN(c4cccc(Cl)c4)CC3)c(C)o2)cc1OC. The van der Waals surface area contributed by atoms with Crippen LogP contribution in [-0.4, -0.2) is 75.0 Å². The van der Waals surface area contributed by atoms with Gasteiger partial charge in [0.25, 0.3) is 0 Å². The number of amides is 1. The van der Waals surface area contributed by atoms with Gasteiger partial charge in [0.2, 0.25) is 11.8 Å². The van der Waals surface area contributed by atoms with Gasteiger partial charge in [0.05, 0.1) is 25.7 Å². The van der Waals surface area contributed by atoms with Crippen molar-refractivity contribution in [1.82, 2.24) is 15.2 Å². The average Bonchev–Trinajstić information content (AvgIpc) is 3.28. The molecule has 1 saturated heterocycles. The van der Waals surface area contributed by atoms with E-state index in [1.807, 2.05) is 43.3 Å². The number of oxazole rings is 1. The Labute approximate surface area is 227 Å². The Morgan fingerprint density at radius 3 is 2.62 bits per heavy atom. The van der Waals surface area contributed by atoms with E-state index in [2.05, 4.69) is 26.2 Å². The Kier molecular flexibility index (Phi) is 9.60. The van der Waals surface area contributed by atoms with Crippen LogP contribution in [0.15, 0.2) is 46.9 Å². The van der Waals surface area contributed by atoms with E-state index in [1.54, 1.807) is 14.2 Å². The summed E-state index contributed by atoms with van der Waals surface area (Å²) >= 11 is 7.65. The van der Waals surface area contributed by atoms with Gasteiger partial charge in [-0.3, -0.25) is 9.69 Å². The van der Waals surface area contributed by atoms with Crippen LogP contribution in [0.4, 0.5) is 5.69 Å². The van der Waals surface area contributed by atoms with Crippen LogP contribution >= 0.6 is 23.4 Å². The minimum atomic E-state index is 0.0313. The number of rotatable bonds is 11. The number of hydrogen-bond acceptors (Lipinski definition) is 8. The van der Waals surface area contributed by atoms with Crippen LogP contribution in [-0.2, 0) is 10.5 Å². The van der Waals surface area contributed by atoms with Gasteiger partial charge in [-0.25, -0.2) is 4.98 Å². The third kappa shape index (κ3) is 7.34. The van der Waals surface area contributed by atoms with Crippen LogP contribution in [0.3, 0.4) is 0 Å². The van der Waals surface area contributed by atoms with Crippen molar-refractivity contribution in [3.8, 4) is 23.0 Å². The summed E-state index contributed by atoms with van der Waals surface area (Å²) in [5.41, 5.74) is 2.80. The maximum atomic E-state index is 12.3. The third-order valence-electron chi connectivity index (χ3n) is 6.29. The van der Waals surface area contributed by atoms with Gasteiger partial charge in [-0.05, 0) is 43.3 Å². The number of hydrogen-bond donors (Lipinski definition) is 1. The molecule has 8 nitrogen and oxygen atoms in total. The fraction of sp³-hybridized carbons (Fsp3) is 0.407. The molecule has 198 valence electrons. The molecule has 1 aromatic heterocycles. The lowest BCUT2D eigenvalue weighted by Gasteiger charge is -2.36. The van der Waals surface area contributed by atoms with Crippen LogP contribution in [0, 0.1) is 6.92 Å². The minimum Gasteiger partial charge on any atom is -0.493 e. The predicted molar refractivity (Wildman–Crippen MR) is 149 cm³/mol. The zero-order valence-corrected chi connectivity index (χ0v) is 23.0. The molecule has 0 radical (unpaired) electrons. The highest BCUT2D eigenvalue weighted by Gasteiger charge is 2.18. The number of methoxy groups -OCH3 is 2. The summed E-state index contributed by atoms with van der Waals surface area (Å²) in [5.74, 6) is 3.54. The molecular formula is C27H33ClN4O4S. The van der Waals surface area contributed by atoms with Crippen LogP contribution in [0.5, 0.6) is 11.5 Å². The molecule has 1 aliphatic heterocycles. The van der Waals surface area contributed by atoms with Gasteiger partial charge in [-0.2, -0.15) is 0 Å². The summed E-state index contributed by atoms with van der Waals surface area (Å²) in [5, 5.41) is 3.80. The summed E-state index contributed by atoms with van der Waals surface area (Å²) in [6.07, 6.45) is 0. The highest BCUT2D eigenvalue weighted by Crippen LogP contribution is 2.33. The smallest absolute Gasteiger partial charge is 0.230 e. The monoisotopic (exact) mass is 544 g/mol. The fourth-order valence-corrected chi connectivity index (χ4v) is 5.24. The molecule has 0 bridgehead atoms. The number of nitrogens with one attached hydrogen (secondary N) is 1. The molecule has 2 heterocycles. The van der Waals surface area contributed by atoms with Gasteiger partial charge in [0.1, 0.15) is 5.76 Å². The molecule has 10 heteroatoms. The maximum Gasteiger partial charge on any atom is 0.230 e. The first-order chi connectivity index (χ1) is 18.0. The van der Waals surface area contributed by atoms with Crippen molar-refractivity contribution < 1.29 is 18.7 Å². The number of halogens is 1. The molecule has 3 aromatic rings. The van der Waals surface area contributed by atoms with Crippen molar-refractivity contribution >= 4 is 35.0 Å². The third-order valence-corrected chi connectivity index (χ3v) is 7.47. The lowest BCUT2D eigenvalue weighted by Crippen LogP contribution is -2.48. The molecule has 4 rings (SSSR count). The normalized spacial score (nSPS) is 14.0. The number of thioether (sulfide) groups is 1. The Morgan fingerprint density at radius 2 is 1.89 bits per heavy atom. The van der Waals surface area contributed by atoms with Crippen LogP contribution < -0.4 is 19.7 Å². The highest BCUT2D eigenvalue weighted by atomic mass is 35.5. The van der Waals surface area contributed by atoms with Crippen LogP contribution in [0.1, 0.15) is 11.5 Å². The molecule has 0 saturated carbocycles. The Bertz CT molecular complexity index is 1200. The Balaban J connectivity index is 1.16. The number of aryl methyl sites for hydroxylation is 1. The van der Waals surface area contributed by atoms with E-state index >= 15 is 0 Å². The van der Waals surface area contributed by atoms with Crippen LogP contribution in [0.25, 0.3) is 11.5 Å². The van der Waals surface area contributed by atoms with Crippen molar-refractivity contribution in [1.29, 1.82) is 0 Å². The number of piperazine rings is 1. The molecule has 1 N–H and O–H groups in total. The summed E-state index contributed by atoms with van der Waals surface area (Å²) in [6, 6.07) is 13.5. The van der Waals surface area contributed by atoms with E-state index in [9.17, 15) is 4.79 Å². The summed E-state index contributed by atoms with van der Waals surface area (Å²) < 4.78 is 16.5. The summed E-state index contributed by atoms with van der Waals surface area (Å²) in [7, 11) is 3.20. The lowest BCUT2D eigenvalue weighted by atomic mass is 10.2. The van der Waals surface area contributed by atoms with E-state index < -0.39 is 0 Å². The molecular weight excluding hydrogens is 512 g/mol. The van der Waals surface area contributed by atoms with Gasteiger partial charge in [-0.1, -0.05) is 17.7 Å². The van der Waals surface area contributed by atoms with E-state index in [0.29, 0.717) is 35.4 Å². The van der Waals surface area contributed by atoms with E-state index in [-0.39, 0.29) is 5.91 Å². The van der Waals surface area contributed by atoms with Crippen molar-refractivity contribution in [2.75, 3.05) is 64.1 Å². The summed E-state index contributed by atoms with van der Waals surface area (Å²) in [4.78, 5) is 21.7. The van der Waals surface area contributed by atoms with E-state index in [0.717, 1.165) is 60.5 Å². The van der Waals surface area contributed by atoms with E-state index in [4.69, 9.17) is 25.5 Å². The first kappa shape index (κ1) is 27.2. The highest BCUT2D eigenvalue weighted by molar-refractivity contribution is 7.99. The minimum absolute atomic E-state index is 0.0313.